The molecule has 49 heavy (non-hydrogen) atoms. The number of nitrogens with zero attached hydrogens (tertiary/aromatic N) is 3. The number of hydrogen-bond acceptors (Lipinski definition) is 7. The summed E-state index contributed by atoms with van der Waals surface area (Å²) in [5, 5.41) is 13.2. The van der Waals surface area contributed by atoms with Gasteiger partial charge in [-0.3, -0.25) is 19.5 Å². The molecule has 264 valence electrons. The molecule has 2 N–H and O–H groups in total. The molecule has 0 bridgehead atoms. The van der Waals surface area contributed by atoms with Gasteiger partial charge in [-0.15, -0.1) is 0 Å². The summed E-state index contributed by atoms with van der Waals surface area (Å²) >= 11 is 0. The molecule has 0 aliphatic heterocycles. The molecule has 3 amide bonds. The van der Waals surface area contributed by atoms with E-state index in [-0.39, 0.29) is 41.0 Å². The van der Waals surface area contributed by atoms with Crippen molar-refractivity contribution in [1.82, 2.24) is 20.1 Å². The number of carbonyl (C=O) groups is 4. The van der Waals surface area contributed by atoms with Crippen molar-refractivity contribution in [2.24, 2.45) is 5.92 Å². The lowest BCUT2D eigenvalue weighted by molar-refractivity contribution is -0.155. The van der Waals surface area contributed by atoms with Crippen molar-refractivity contribution in [3.63, 3.8) is 0 Å². The third-order valence-corrected chi connectivity index (χ3v) is 8.81. The van der Waals surface area contributed by atoms with Crippen LogP contribution in [0, 0.1) is 11.7 Å². The Balaban J connectivity index is 1.59. The zero-order chi connectivity index (χ0) is 36.1. The van der Waals surface area contributed by atoms with Gasteiger partial charge in [-0.25, -0.2) is 14.0 Å². The quantitative estimate of drug-likeness (QED) is 0.230. The number of benzene rings is 2. The molecule has 11 nitrogen and oxygen atoms in total. The summed E-state index contributed by atoms with van der Waals surface area (Å²) in [7, 11) is 3.13. The summed E-state index contributed by atoms with van der Waals surface area (Å²) in [5.41, 5.74) is -0.951. The first-order valence-corrected chi connectivity index (χ1v) is 16.5. The van der Waals surface area contributed by atoms with Gasteiger partial charge in [-0.1, -0.05) is 44.2 Å². The average molecular weight is 679 g/mol. The van der Waals surface area contributed by atoms with E-state index in [2.05, 4.69) is 10.3 Å². The molecule has 1 saturated carbocycles. The molecule has 0 saturated heterocycles. The number of hydrogen-bond donors (Lipinski definition) is 2. The molecule has 1 aromatic heterocycles. The number of aromatic carboxylic acids is 1. The predicted octanol–water partition coefficient (Wildman–Crippen LogP) is 5.84. The largest absolute Gasteiger partial charge is 0.489 e. The zero-order valence-corrected chi connectivity index (χ0v) is 29.3. The van der Waals surface area contributed by atoms with Crippen LogP contribution in [-0.2, 0) is 20.7 Å². The van der Waals surface area contributed by atoms with E-state index < -0.39 is 41.1 Å². The second kappa shape index (κ2) is 15.2. The maximum Gasteiger partial charge on any atom is 0.410 e. The Labute approximate surface area is 286 Å². The summed E-state index contributed by atoms with van der Waals surface area (Å²) in [6, 6.07) is 11.6. The number of fused-ring (bicyclic) bond motifs is 1. The molecule has 0 unspecified atom stereocenters. The highest BCUT2D eigenvalue weighted by molar-refractivity contribution is 6.05. The van der Waals surface area contributed by atoms with Gasteiger partial charge in [0.2, 0.25) is 11.8 Å². The van der Waals surface area contributed by atoms with Crippen LogP contribution in [0.15, 0.2) is 54.7 Å². The Hall–Kier alpha value is -4.74. The molecule has 12 heteroatoms. The van der Waals surface area contributed by atoms with Crippen molar-refractivity contribution < 1.29 is 38.1 Å². The van der Waals surface area contributed by atoms with Crippen LogP contribution in [0.4, 0.5) is 9.18 Å². The molecule has 1 aliphatic carbocycles. The number of amides is 3. The van der Waals surface area contributed by atoms with Gasteiger partial charge in [-0.2, -0.15) is 0 Å². The first kappa shape index (κ1) is 37.1. The van der Waals surface area contributed by atoms with Gasteiger partial charge in [0.1, 0.15) is 35.2 Å². The van der Waals surface area contributed by atoms with Crippen LogP contribution >= 0.6 is 0 Å². The number of likely N-dealkylation sites (N-methyl/N-ethyl adjacent to an activating group) is 2. The smallest absolute Gasteiger partial charge is 0.410 e. The van der Waals surface area contributed by atoms with Crippen molar-refractivity contribution in [2.75, 3.05) is 20.7 Å². The number of rotatable bonds is 13. The minimum Gasteiger partial charge on any atom is -0.489 e. The van der Waals surface area contributed by atoms with Crippen LogP contribution in [0.5, 0.6) is 5.75 Å². The molecule has 3 aromatic rings. The molecule has 1 aliphatic rings. The summed E-state index contributed by atoms with van der Waals surface area (Å²) < 4.78 is 25.7. The van der Waals surface area contributed by atoms with Gasteiger partial charge in [-0.05, 0) is 82.6 Å². The Kier molecular flexibility index (Phi) is 11.5. The van der Waals surface area contributed by atoms with Crippen molar-refractivity contribution >= 4 is 34.8 Å². The van der Waals surface area contributed by atoms with E-state index in [1.165, 1.54) is 35.2 Å². The van der Waals surface area contributed by atoms with Gasteiger partial charge >= 0.3 is 12.1 Å². The van der Waals surface area contributed by atoms with Crippen LogP contribution in [0.3, 0.4) is 0 Å². The Morgan fingerprint density at radius 3 is 2.31 bits per heavy atom. The lowest BCUT2D eigenvalue weighted by Gasteiger charge is -2.49. The van der Waals surface area contributed by atoms with Crippen LogP contribution < -0.4 is 10.1 Å². The minimum atomic E-state index is -1.31. The van der Waals surface area contributed by atoms with Crippen molar-refractivity contribution in [2.45, 2.75) is 89.9 Å². The summed E-state index contributed by atoms with van der Waals surface area (Å²) in [4.78, 5) is 60.7. The Morgan fingerprint density at radius 2 is 1.73 bits per heavy atom. The summed E-state index contributed by atoms with van der Waals surface area (Å²) in [6.07, 6.45) is 2.94. The fourth-order valence-corrected chi connectivity index (χ4v) is 6.03. The second-order valence-corrected chi connectivity index (χ2v) is 14.2. The van der Waals surface area contributed by atoms with E-state index in [9.17, 15) is 28.7 Å². The standard InChI is InChI=1S/C37H47FN4O7/c1-23(2)18-29(41(6)35(47)49-36(3,4)5)32(43)42(7)37(16-11-17-37)34(46)40-26(19-24-12-9-8-10-13-24)22-48-30-21-39-28-15-14-25(38)20-27(28)31(30)33(44)45/h8-10,12-15,20-21,23,26,29H,11,16-19,22H2,1-7H3,(H,40,46)(H,44,45)/t26-,29+/m1/s1. The average Bonchev–Trinajstić information content (AvgIpc) is 3.00. The van der Waals surface area contributed by atoms with E-state index >= 15 is 0 Å². The Morgan fingerprint density at radius 1 is 1.06 bits per heavy atom. The molecular formula is C37H47FN4O7. The maximum absolute atomic E-state index is 14.2. The van der Waals surface area contributed by atoms with E-state index in [4.69, 9.17) is 9.47 Å². The third-order valence-electron chi connectivity index (χ3n) is 8.81. The van der Waals surface area contributed by atoms with Crippen LogP contribution in [0.25, 0.3) is 10.9 Å². The van der Waals surface area contributed by atoms with Crippen LogP contribution in [-0.4, -0.2) is 87.7 Å². The molecule has 0 spiro atoms. The highest BCUT2D eigenvalue weighted by Crippen LogP contribution is 2.38. The lowest BCUT2D eigenvalue weighted by Crippen LogP contribution is -2.67. The fourth-order valence-electron chi connectivity index (χ4n) is 6.03. The molecule has 2 atom stereocenters. The zero-order valence-electron chi connectivity index (χ0n) is 29.3. The minimum absolute atomic E-state index is 0.0646. The number of aromatic nitrogens is 1. The number of carboxylic acid groups (broad SMARTS) is 1. The maximum atomic E-state index is 14.2. The third kappa shape index (κ3) is 8.84. The SMILES string of the molecule is CC(C)C[C@@H](C(=O)N(C)C1(C(=O)N[C@@H](COc2cnc3ccc(F)cc3c2C(=O)O)Cc2ccccc2)CCC1)N(C)C(=O)OC(C)(C)C. The van der Waals surface area contributed by atoms with Gasteiger partial charge in [0.15, 0.2) is 5.75 Å². The van der Waals surface area contributed by atoms with Crippen molar-refractivity contribution in [3.8, 4) is 5.75 Å². The molecule has 2 aromatic carbocycles. The topological polar surface area (TPSA) is 138 Å². The number of carboxylic acids is 1. The lowest BCUT2D eigenvalue weighted by atomic mass is 9.74. The van der Waals surface area contributed by atoms with E-state index in [1.54, 1.807) is 27.8 Å². The van der Waals surface area contributed by atoms with Crippen LogP contribution in [0.2, 0.25) is 0 Å². The molecule has 1 fully saturated rings. The van der Waals surface area contributed by atoms with Crippen LogP contribution in [0.1, 0.15) is 76.2 Å². The number of halogens is 1. The monoisotopic (exact) mass is 678 g/mol. The first-order valence-electron chi connectivity index (χ1n) is 16.5. The number of nitrogens with one attached hydrogen (secondary N) is 1. The van der Waals surface area contributed by atoms with Gasteiger partial charge in [0.05, 0.1) is 17.8 Å². The first-order chi connectivity index (χ1) is 23.0. The number of carbonyl (C=O) groups excluding carboxylic acids is 3. The van der Waals surface area contributed by atoms with Gasteiger partial charge in [0.25, 0.3) is 0 Å². The second-order valence-electron chi connectivity index (χ2n) is 14.2. The fraction of sp³-hybridized carbons (Fsp3) is 0.486. The molecule has 1 heterocycles. The summed E-state index contributed by atoms with van der Waals surface area (Å²) in [5.74, 6) is -2.65. The highest BCUT2D eigenvalue weighted by Gasteiger charge is 2.51. The normalized spacial score (nSPS) is 15.1. The van der Waals surface area contributed by atoms with E-state index in [1.807, 2.05) is 44.2 Å². The van der Waals surface area contributed by atoms with Gasteiger partial charge in [0, 0.05) is 19.5 Å². The van der Waals surface area contributed by atoms with Gasteiger partial charge < -0.3 is 24.8 Å². The molecule has 0 radical (unpaired) electrons. The summed E-state index contributed by atoms with van der Waals surface area (Å²) in [6.45, 7) is 9.06. The number of ether oxygens (including phenoxy) is 2. The van der Waals surface area contributed by atoms with E-state index in [0.29, 0.717) is 31.2 Å². The molecular weight excluding hydrogens is 631 g/mol. The molecule has 4 rings (SSSR count). The predicted molar refractivity (Wildman–Crippen MR) is 183 cm³/mol. The van der Waals surface area contributed by atoms with E-state index in [0.717, 1.165) is 18.1 Å². The van der Waals surface area contributed by atoms with Crippen molar-refractivity contribution in [1.29, 1.82) is 0 Å². The number of pyridine rings is 1. The highest BCUT2D eigenvalue weighted by atomic mass is 19.1. The Bertz CT molecular complexity index is 1670. The van der Waals surface area contributed by atoms with Crippen molar-refractivity contribution in [3.05, 3.63) is 71.7 Å².